The molecule has 3 aromatic rings. The maximum atomic E-state index is 11.9. The summed E-state index contributed by atoms with van der Waals surface area (Å²) < 4.78 is 11.2. The third-order valence-electron chi connectivity index (χ3n) is 6.99. The number of anilines is 2. The summed E-state index contributed by atoms with van der Waals surface area (Å²) in [4.78, 5) is 30.9. The maximum absolute atomic E-state index is 11.9. The van der Waals surface area contributed by atoms with Crippen molar-refractivity contribution in [2.24, 2.45) is 5.92 Å². The van der Waals surface area contributed by atoms with Crippen molar-refractivity contribution in [3.63, 3.8) is 0 Å². The third kappa shape index (κ3) is 6.10. The molecule has 1 aliphatic carbocycles. The van der Waals surface area contributed by atoms with Gasteiger partial charge in [0.15, 0.2) is 0 Å². The lowest BCUT2D eigenvalue weighted by Gasteiger charge is -2.32. The number of thiazole rings is 1. The van der Waals surface area contributed by atoms with Gasteiger partial charge in [0.05, 0.1) is 35.4 Å². The number of aryl methyl sites for hydroxylation is 2. The van der Waals surface area contributed by atoms with Gasteiger partial charge in [-0.3, -0.25) is 4.98 Å². The summed E-state index contributed by atoms with van der Waals surface area (Å²) in [6.45, 7) is 10.6. The molecule has 1 saturated carbocycles. The van der Waals surface area contributed by atoms with Crippen LogP contribution in [-0.2, 0) is 9.47 Å². The topological polar surface area (TPSA) is 123 Å². The van der Waals surface area contributed by atoms with Crippen LogP contribution in [0.1, 0.15) is 51.4 Å². The molecule has 0 aromatic carbocycles. The molecule has 1 amide bonds. The van der Waals surface area contributed by atoms with Crippen LogP contribution in [0.3, 0.4) is 0 Å². The van der Waals surface area contributed by atoms with Crippen molar-refractivity contribution in [3.05, 3.63) is 23.7 Å². The molecule has 200 valence electrons. The lowest BCUT2D eigenvalue weighted by atomic mass is 9.86. The van der Waals surface area contributed by atoms with E-state index in [0.717, 1.165) is 57.3 Å². The summed E-state index contributed by atoms with van der Waals surface area (Å²) in [5.41, 5.74) is 3.17. The molecule has 4 rings (SSSR count). The number of ether oxygens (including phenoxy) is 2. The first kappa shape index (κ1) is 27.0. The van der Waals surface area contributed by atoms with Gasteiger partial charge in [0, 0.05) is 30.9 Å². The Hall–Kier alpha value is -3.05. The van der Waals surface area contributed by atoms with Crippen molar-refractivity contribution in [1.82, 2.24) is 25.3 Å². The second-order valence-corrected chi connectivity index (χ2v) is 11.3. The molecule has 1 fully saturated rings. The number of nitrogens with zero attached hydrogens (tertiary/aromatic N) is 4. The van der Waals surface area contributed by atoms with Gasteiger partial charge in [-0.15, -0.1) is 11.3 Å². The van der Waals surface area contributed by atoms with Crippen molar-refractivity contribution in [2.45, 2.75) is 71.5 Å². The Balaban J connectivity index is 1.66. The SMILES string of the molecule is COCC(C)Nc1nc(C)c(-c2nc3c(C)nccc3s2)c(NC2CCC(C(C)(C)NC(=O)OC)C2)n1. The molecule has 3 heterocycles. The Morgan fingerprint density at radius 2 is 1.97 bits per heavy atom. The zero-order valence-corrected chi connectivity index (χ0v) is 23.5. The van der Waals surface area contributed by atoms with Crippen LogP contribution in [0.4, 0.5) is 16.6 Å². The summed E-state index contributed by atoms with van der Waals surface area (Å²) in [5, 5.41) is 10.9. The number of alkyl carbamates (subject to hydrolysis) is 1. The number of amides is 1. The molecule has 10 nitrogen and oxygen atoms in total. The Morgan fingerprint density at radius 1 is 1.19 bits per heavy atom. The summed E-state index contributed by atoms with van der Waals surface area (Å²) in [6, 6.07) is 2.24. The van der Waals surface area contributed by atoms with E-state index in [0.29, 0.717) is 18.5 Å². The normalized spacial score (nSPS) is 18.6. The average Bonchev–Trinajstić information content (AvgIpc) is 3.47. The van der Waals surface area contributed by atoms with Crippen LogP contribution in [0.2, 0.25) is 0 Å². The molecule has 3 aromatic heterocycles. The third-order valence-corrected chi connectivity index (χ3v) is 8.03. The van der Waals surface area contributed by atoms with E-state index >= 15 is 0 Å². The summed E-state index contributed by atoms with van der Waals surface area (Å²) in [7, 11) is 3.07. The average molecular weight is 528 g/mol. The monoisotopic (exact) mass is 527 g/mol. The molecule has 11 heteroatoms. The Bertz CT molecular complexity index is 1260. The number of methoxy groups -OCH3 is 2. The predicted octanol–water partition coefficient (Wildman–Crippen LogP) is 4.93. The number of rotatable bonds is 9. The number of carbonyl (C=O) groups excluding carboxylic acids is 1. The summed E-state index contributed by atoms with van der Waals surface area (Å²) in [6.07, 6.45) is 4.25. The summed E-state index contributed by atoms with van der Waals surface area (Å²) in [5.74, 6) is 1.61. The molecule has 1 aliphatic rings. The minimum Gasteiger partial charge on any atom is -0.453 e. The van der Waals surface area contributed by atoms with Gasteiger partial charge in [-0.05, 0) is 65.9 Å². The lowest BCUT2D eigenvalue weighted by molar-refractivity contribution is 0.147. The minimum atomic E-state index is -0.406. The lowest BCUT2D eigenvalue weighted by Crippen LogP contribution is -2.48. The highest BCUT2D eigenvalue weighted by atomic mass is 32.1. The molecule has 3 atom stereocenters. The standard InChI is InChI=1S/C26H37N7O3S/c1-14(13-35-6)28-24-29-15(2)20(23-31-21-16(3)27-11-10-19(21)37-23)22(32-24)30-18-9-8-17(12-18)26(4,5)33-25(34)36-7/h10-11,14,17-18H,8-9,12-13H2,1-7H3,(H,33,34)(H2,28,29,30,32). The van der Waals surface area contributed by atoms with Crippen LogP contribution >= 0.6 is 11.3 Å². The van der Waals surface area contributed by atoms with Gasteiger partial charge in [0.2, 0.25) is 5.95 Å². The number of nitrogens with one attached hydrogen (secondary N) is 3. The first-order chi connectivity index (χ1) is 17.6. The fourth-order valence-electron chi connectivity index (χ4n) is 4.98. The highest BCUT2D eigenvalue weighted by Crippen LogP contribution is 2.40. The van der Waals surface area contributed by atoms with Gasteiger partial charge < -0.3 is 25.4 Å². The zero-order valence-electron chi connectivity index (χ0n) is 22.6. The van der Waals surface area contributed by atoms with Crippen molar-refractivity contribution in [2.75, 3.05) is 31.5 Å². The van der Waals surface area contributed by atoms with Gasteiger partial charge in [0.1, 0.15) is 16.3 Å². The molecule has 37 heavy (non-hydrogen) atoms. The highest BCUT2D eigenvalue weighted by molar-refractivity contribution is 7.21. The molecule has 3 N–H and O–H groups in total. The second-order valence-electron chi connectivity index (χ2n) is 10.3. The molecular weight excluding hydrogens is 490 g/mol. The molecule has 0 aliphatic heterocycles. The molecule has 0 saturated heterocycles. The van der Waals surface area contributed by atoms with Crippen LogP contribution in [0.5, 0.6) is 0 Å². The number of aromatic nitrogens is 4. The molecule has 0 spiro atoms. The van der Waals surface area contributed by atoms with Gasteiger partial charge in [0.25, 0.3) is 0 Å². The van der Waals surface area contributed by atoms with Crippen LogP contribution in [-0.4, -0.2) is 64.5 Å². The molecule has 0 bridgehead atoms. The highest BCUT2D eigenvalue weighted by Gasteiger charge is 2.38. The van der Waals surface area contributed by atoms with Crippen LogP contribution in [0, 0.1) is 19.8 Å². The van der Waals surface area contributed by atoms with E-state index in [-0.39, 0.29) is 17.6 Å². The fraction of sp³-hybridized carbons (Fsp3) is 0.577. The Morgan fingerprint density at radius 3 is 2.68 bits per heavy atom. The largest absolute Gasteiger partial charge is 0.453 e. The molecular formula is C26H37N7O3S. The van der Waals surface area contributed by atoms with Crippen molar-refractivity contribution in [3.8, 4) is 10.6 Å². The quantitative estimate of drug-likeness (QED) is 0.355. The second kappa shape index (κ2) is 11.1. The van der Waals surface area contributed by atoms with E-state index in [1.165, 1.54) is 7.11 Å². The molecule has 3 unspecified atom stereocenters. The van der Waals surface area contributed by atoms with Crippen molar-refractivity contribution < 1.29 is 14.3 Å². The number of pyridine rings is 1. The number of hydrogen-bond acceptors (Lipinski definition) is 10. The van der Waals surface area contributed by atoms with Crippen LogP contribution < -0.4 is 16.0 Å². The van der Waals surface area contributed by atoms with E-state index in [9.17, 15) is 4.79 Å². The van der Waals surface area contributed by atoms with E-state index in [2.05, 4.69) is 20.9 Å². The number of fused-ring (bicyclic) bond motifs is 1. The Kier molecular flexibility index (Phi) is 8.13. The van der Waals surface area contributed by atoms with Gasteiger partial charge >= 0.3 is 6.09 Å². The molecule has 0 radical (unpaired) electrons. The van der Waals surface area contributed by atoms with Gasteiger partial charge in [-0.2, -0.15) is 4.98 Å². The first-order valence-electron chi connectivity index (χ1n) is 12.6. The first-order valence-corrected chi connectivity index (χ1v) is 13.4. The predicted molar refractivity (Wildman–Crippen MR) is 147 cm³/mol. The van der Waals surface area contributed by atoms with Crippen molar-refractivity contribution >= 4 is 39.4 Å². The van der Waals surface area contributed by atoms with Gasteiger partial charge in [-0.1, -0.05) is 0 Å². The van der Waals surface area contributed by atoms with Gasteiger partial charge in [-0.25, -0.2) is 14.8 Å². The summed E-state index contributed by atoms with van der Waals surface area (Å²) >= 11 is 1.62. The number of carbonyl (C=O) groups is 1. The fourth-order valence-corrected chi connectivity index (χ4v) is 6.09. The smallest absolute Gasteiger partial charge is 0.407 e. The van der Waals surface area contributed by atoms with Crippen LogP contribution in [0.25, 0.3) is 20.8 Å². The number of hydrogen-bond donors (Lipinski definition) is 3. The van der Waals surface area contributed by atoms with Crippen molar-refractivity contribution in [1.29, 1.82) is 0 Å². The van der Waals surface area contributed by atoms with E-state index in [1.807, 2.05) is 46.9 Å². The van der Waals surface area contributed by atoms with E-state index in [1.54, 1.807) is 18.4 Å². The Labute approximate surface area is 222 Å². The van der Waals surface area contributed by atoms with Crippen LogP contribution in [0.15, 0.2) is 12.3 Å². The zero-order chi connectivity index (χ0) is 26.7. The maximum Gasteiger partial charge on any atom is 0.407 e. The van der Waals surface area contributed by atoms with E-state index < -0.39 is 6.09 Å². The van der Waals surface area contributed by atoms with E-state index in [4.69, 9.17) is 24.4 Å². The minimum absolute atomic E-state index is 0.0559.